The van der Waals surface area contributed by atoms with Gasteiger partial charge in [0.05, 0.1) is 18.7 Å². The molecule has 120 valence electrons. The van der Waals surface area contributed by atoms with Crippen molar-refractivity contribution in [3.05, 3.63) is 30.3 Å². The fraction of sp³-hybridized carbons (Fsp3) is 0.400. The van der Waals surface area contributed by atoms with Crippen molar-refractivity contribution >= 4 is 23.5 Å². The molecule has 0 saturated carbocycles. The first kappa shape index (κ1) is 15.1. The van der Waals surface area contributed by atoms with Crippen molar-refractivity contribution in [2.75, 3.05) is 18.1 Å². The number of ether oxygens (including phenoxy) is 1. The van der Waals surface area contributed by atoms with Crippen LogP contribution in [0.2, 0.25) is 0 Å². The van der Waals surface area contributed by atoms with Crippen molar-refractivity contribution < 1.29 is 19.1 Å². The first-order valence-electron chi connectivity index (χ1n) is 7.39. The van der Waals surface area contributed by atoms with Crippen LogP contribution in [-0.4, -0.2) is 48.0 Å². The van der Waals surface area contributed by atoms with Crippen LogP contribution in [0.1, 0.15) is 13.3 Å². The number of esters is 1. The van der Waals surface area contributed by atoms with E-state index in [1.165, 1.54) is 5.01 Å². The average Bonchev–Trinajstić information content (AvgIpc) is 3.07. The summed E-state index contributed by atoms with van der Waals surface area (Å²) in [7, 11) is 0. The minimum Gasteiger partial charge on any atom is -0.466 e. The van der Waals surface area contributed by atoms with Crippen LogP contribution in [0.4, 0.5) is 5.69 Å². The van der Waals surface area contributed by atoms with E-state index in [1.54, 1.807) is 37.3 Å². The second-order valence-electron chi connectivity index (χ2n) is 5.16. The number of hydrogen-bond acceptors (Lipinski definition) is 7. The molecule has 0 unspecified atom stereocenters. The minimum absolute atomic E-state index is 0.0862. The van der Waals surface area contributed by atoms with E-state index in [2.05, 4.69) is 10.3 Å². The number of amides is 2. The Balaban J connectivity index is 1.74. The van der Waals surface area contributed by atoms with Gasteiger partial charge in [-0.3, -0.25) is 19.4 Å². The van der Waals surface area contributed by atoms with Gasteiger partial charge in [0, 0.05) is 6.54 Å². The van der Waals surface area contributed by atoms with E-state index in [0.717, 1.165) is 4.90 Å². The van der Waals surface area contributed by atoms with Gasteiger partial charge in [-0.25, -0.2) is 4.90 Å². The summed E-state index contributed by atoms with van der Waals surface area (Å²) in [6.45, 7) is 2.21. The fourth-order valence-electron chi connectivity index (χ4n) is 2.68. The third-order valence-corrected chi connectivity index (χ3v) is 3.72. The van der Waals surface area contributed by atoms with Crippen LogP contribution in [-0.2, 0) is 19.1 Å². The standard InChI is InChI=1S/C15H16N4O4/c1-2-23-11(20)8-9-18-13-12(16-17-18)14(21)19(15(13)22)10-6-4-3-5-7-10/h3-7,12-13H,2,8-9H2,1H3/t12-,13+/m0/s1. The number of imide groups is 1. The van der Waals surface area contributed by atoms with Crippen LogP contribution < -0.4 is 4.90 Å². The van der Waals surface area contributed by atoms with Gasteiger partial charge in [0.1, 0.15) is 0 Å². The van der Waals surface area contributed by atoms with Crippen molar-refractivity contribution in [2.45, 2.75) is 25.4 Å². The summed E-state index contributed by atoms with van der Waals surface area (Å²) in [6, 6.07) is 7.07. The lowest BCUT2D eigenvalue weighted by Crippen LogP contribution is -2.40. The van der Waals surface area contributed by atoms with Gasteiger partial charge in [-0.05, 0) is 19.1 Å². The van der Waals surface area contributed by atoms with Crippen molar-refractivity contribution in [1.82, 2.24) is 5.01 Å². The van der Waals surface area contributed by atoms with Crippen molar-refractivity contribution in [1.29, 1.82) is 0 Å². The zero-order chi connectivity index (χ0) is 16.4. The summed E-state index contributed by atoms with van der Waals surface area (Å²) in [4.78, 5) is 37.6. The highest BCUT2D eigenvalue weighted by Gasteiger charge is 2.54. The summed E-state index contributed by atoms with van der Waals surface area (Å²) >= 11 is 0. The Labute approximate surface area is 132 Å². The van der Waals surface area contributed by atoms with E-state index >= 15 is 0 Å². The van der Waals surface area contributed by atoms with Crippen LogP contribution >= 0.6 is 0 Å². The quantitative estimate of drug-likeness (QED) is 0.595. The number of carbonyl (C=O) groups is 3. The first-order chi connectivity index (χ1) is 11.1. The number of benzene rings is 1. The number of para-hydroxylation sites is 1. The Morgan fingerprint density at radius 1 is 1.22 bits per heavy atom. The molecule has 8 nitrogen and oxygen atoms in total. The molecule has 1 aromatic rings. The lowest BCUT2D eigenvalue weighted by molar-refractivity contribution is -0.143. The van der Waals surface area contributed by atoms with Gasteiger partial charge < -0.3 is 4.74 Å². The summed E-state index contributed by atoms with van der Waals surface area (Å²) in [5, 5.41) is 9.15. The minimum atomic E-state index is -0.843. The van der Waals surface area contributed by atoms with Gasteiger partial charge >= 0.3 is 5.97 Å². The smallest absolute Gasteiger partial charge is 0.307 e. The number of carbonyl (C=O) groups excluding carboxylic acids is 3. The molecule has 2 aliphatic rings. The molecule has 3 rings (SSSR count). The number of rotatable bonds is 5. The Morgan fingerprint density at radius 2 is 1.96 bits per heavy atom. The van der Waals surface area contributed by atoms with Gasteiger partial charge in [0.15, 0.2) is 12.1 Å². The molecule has 23 heavy (non-hydrogen) atoms. The molecule has 0 N–H and O–H groups in total. The molecule has 0 aliphatic carbocycles. The summed E-state index contributed by atoms with van der Waals surface area (Å²) in [5.41, 5.74) is 0.512. The van der Waals surface area contributed by atoms with E-state index in [9.17, 15) is 14.4 Å². The maximum absolute atomic E-state index is 12.6. The largest absolute Gasteiger partial charge is 0.466 e. The molecule has 2 atom stereocenters. The highest BCUT2D eigenvalue weighted by atomic mass is 16.5. The molecule has 1 saturated heterocycles. The maximum atomic E-state index is 12.6. The molecular formula is C15H16N4O4. The van der Waals surface area contributed by atoms with Gasteiger partial charge in [-0.2, -0.15) is 5.11 Å². The van der Waals surface area contributed by atoms with Crippen molar-refractivity contribution in [3.63, 3.8) is 0 Å². The third-order valence-electron chi connectivity index (χ3n) is 3.72. The lowest BCUT2D eigenvalue weighted by Gasteiger charge is -2.20. The number of nitrogens with zero attached hydrogens (tertiary/aromatic N) is 4. The van der Waals surface area contributed by atoms with E-state index < -0.39 is 18.0 Å². The van der Waals surface area contributed by atoms with Crippen LogP contribution in [0.15, 0.2) is 40.7 Å². The molecule has 0 radical (unpaired) electrons. The van der Waals surface area contributed by atoms with Gasteiger partial charge in [-0.15, -0.1) is 0 Å². The molecule has 8 heteroatoms. The summed E-state index contributed by atoms with van der Waals surface area (Å²) in [6.07, 6.45) is 0.0862. The molecule has 0 bridgehead atoms. The number of hydrogen-bond donors (Lipinski definition) is 0. The fourth-order valence-corrected chi connectivity index (χ4v) is 2.68. The Morgan fingerprint density at radius 3 is 2.65 bits per heavy atom. The molecule has 2 amide bonds. The van der Waals surface area contributed by atoms with Crippen molar-refractivity contribution in [3.8, 4) is 0 Å². The monoisotopic (exact) mass is 316 g/mol. The van der Waals surface area contributed by atoms with Crippen LogP contribution in [0.25, 0.3) is 0 Å². The van der Waals surface area contributed by atoms with Gasteiger partial charge in [0.2, 0.25) is 0 Å². The molecule has 0 spiro atoms. The van der Waals surface area contributed by atoms with E-state index in [-0.39, 0.29) is 24.8 Å². The molecule has 1 fully saturated rings. The molecular weight excluding hydrogens is 300 g/mol. The van der Waals surface area contributed by atoms with Crippen molar-refractivity contribution in [2.24, 2.45) is 10.3 Å². The lowest BCUT2D eigenvalue weighted by atomic mass is 10.1. The predicted octanol–water partition coefficient (Wildman–Crippen LogP) is 0.933. The topological polar surface area (TPSA) is 91.6 Å². The van der Waals surface area contributed by atoms with Crippen LogP contribution in [0, 0.1) is 0 Å². The molecule has 2 aliphatic heterocycles. The first-order valence-corrected chi connectivity index (χ1v) is 7.39. The highest BCUT2D eigenvalue weighted by Crippen LogP contribution is 2.31. The molecule has 1 aromatic carbocycles. The highest BCUT2D eigenvalue weighted by molar-refractivity contribution is 6.25. The number of fused-ring (bicyclic) bond motifs is 1. The predicted molar refractivity (Wildman–Crippen MR) is 79.3 cm³/mol. The zero-order valence-corrected chi connectivity index (χ0v) is 12.6. The van der Waals surface area contributed by atoms with E-state index in [4.69, 9.17) is 4.74 Å². The normalized spacial score (nSPS) is 22.7. The zero-order valence-electron chi connectivity index (χ0n) is 12.6. The molecule has 2 heterocycles. The Kier molecular flexibility index (Phi) is 4.05. The number of anilines is 1. The summed E-state index contributed by atoms with van der Waals surface area (Å²) < 4.78 is 4.85. The second kappa shape index (κ2) is 6.15. The van der Waals surface area contributed by atoms with Gasteiger partial charge in [-0.1, -0.05) is 23.4 Å². The SMILES string of the molecule is CCOC(=O)CCN1N=N[C@@H]2C(=O)N(c3ccccc3)C(=O)[C@@H]21. The summed E-state index contributed by atoms with van der Waals surface area (Å²) in [5.74, 6) is -1.14. The Hall–Kier alpha value is -2.77. The Bertz CT molecular complexity index is 661. The van der Waals surface area contributed by atoms with Crippen LogP contribution in [0.5, 0.6) is 0 Å². The van der Waals surface area contributed by atoms with E-state index in [1.807, 2.05) is 0 Å². The second-order valence-corrected chi connectivity index (χ2v) is 5.16. The van der Waals surface area contributed by atoms with Gasteiger partial charge in [0.25, 0.3) is 11.8 Å². The van der Waals surface area contributed by atoms with E-state index in [0.29, 0.717) is 12.3 Å². The van der Waals surface area contributed by atoms with Crippen LogP contribution in [0.3, 0.4) is 0 Å². The maximum Gasteiger partial charge on any atom is 0.307 e. The average molecular weight is 316 g/mol. The third kappa shape index (κ3) is 2.67. The molecule has 0 aromatic heterocycles.